The molecule has 6 heteroatoms. The summed E-state index contributed by atoms with van der Waals surface area (Å²) < 4.78 is 28.4. The first-order valence-electron chi connectivity index (χ1n) is 12.8. The second kappa shape index (κ2) is 10.9. The van der Waals surface area contributed by atoms with Gasteiger partial charge < -0.3 is 23.7 Å². The van der Waals surface area contributed by atoms with Crippen molar-refractivity contribution >= 4 is 5.97 Å². The van der Waals surface area contributed by atoms with Gasteiger partial charge in [-0.1, -0.05) is 24.3 Å². The molecule has 1 saturated heterocycles. The molecule has 2 atom stereocenters. The first-order chi connectivity index (χ1) is 17.9. The van der Waals surface area contributed by atoms with E-state index in [1.54, 1.807) is 0 Å². The molecular weight excluding hydrogens is 468 g/mol. The second-order valence-corrected chi connectivity index (χ2v) is 9.90. The summed E-state index contributed by atoms with van der Waals surface area (Å²) >= 11 is 0. The lowest BCUT2D eigenvalue weighted by atomic mass is 9.90. The highest BCUT2D eigenvalue weighted by Gasteiger charge is 2.27. The quantitative estimate of drug-likeness (QED) is 0.349. The SMILES string of the molecule is COC(=O)CC1COc2cc(OCc3cccc(-c4c(C)cc(OC5CCOC5)cc4C)c3C)ccc21. The Morgan fingerprint density at radius 1 is 1.00 bits per heavy atom. The van der Waals surface area contributed by atoms with Crippen LogP contribution in [0.4, 0.5) is 0 Å². The minimum absolute atomic E-state index is 0.0187. The van der Waals surface area contributed by atoms with Crippen LogP contribution < -0.4 is 14.2 Å². The summed E-state index contributed by atoms with van der Waals surface area (Å²) in [5.41, 5.74) is 8.16. The fraction of sp³-hybridized carbons (Fsp3) is 0.387. The molecule has 194 valence electrons. The van der Waals surface area contributed by atoms with E-state index in [2.05, 4.69) is 51.1 Å². The fourth-order valence-corrected chi connectivity index (χ4v) is 5.29. The van der Waals surface area contributed by atoms with E-state index in [9.17, 15) is 4.79 Å². The Balaban J connectivity index is 1.31. The Hall–Kier alpha value is -3.51. The standard InChI is InChI=1S/C31H34O6/c1-19-12-26(37-25-10-11-34-18-25)13-20(2)31(19)27-7-5-6-22(21(27)3)16-35-24-8-9-28-23(14-30(32)33-4)17-36-29(28)15-24/h5-9,12-13,15,23,25H,10-11,14,16-18H2,1-4H3. The summed E-state index contributed by atoms with van der Waals surface area (Å²) in [7, 11) is 1.41. The van der Waals surface area contributed by atoms with E-state index in [0.717, 1.165) is 41.4 Å². The third-order valence-corrected chi connectivity index (χ3v) is 7.31. The van der Waals surface area contributed by atoms with Crippen LogP contribution in [0.1, 0.15) is 46.6 Å². The molecule has 3 aromatic carbocycles. The van der Waals surface area contributed by atoms with Gasteiger partial charge in [0.1, 0.15) is 30.0 Å². The molecule has 2 heterocycles. The zero-order valence-corrected chi connectivity index (χ0v) is 22.0. The number of aryl methyl sites for hydroxylation is 2. The van der Waals surface area contributed by atoms with Crippen LogP contribution in [0.3, 0.4) is 0 Å². The lowest BCUT2D eigenvalue weighted by molar-refractivity contribution is -0.141. The highest BCUT2D eigenvalue weighted by Crippen LogP contribution is 2.39. The zero-order chi connectivity index (χ0) is 25.9. The number of rotatable bonds is 8. The molecule has 0 radical (unpaired) electrons. The van der Waals surface area contributed by atoms with Crippen molar-refractivity contribution < 1.29 is 28.5 Å². The number of methoxy groups -OCH3 is 1. The Morgan fingerprint density at radius 3 is 2.54 bits per heavy atom. The van der Waals surface area contributed by atoms with E-state index in [4.69, 9.17) is 23.7 Å². The van der Waals surface area contributed by atoms with Crippen molar-refractivity contribution in [2.24, 2.45) is 0 Å². The summed E-state index contributed by atoms with van der Waals surface area (Å²) in [6.45, 7) is 8.78. The van der Waals surface area contributed by atoms with Crippen LogP contribution in [-0.4, -0.2) is 39.0 Å². The molecule has 2 unspecified atom stereocenters. The van der Waals surface area contributed by atoms with Crippen molar-refractivity contribution in [3.63, 3.8) is 0 Å². The normalized spacial score (nSPS) is 18.3. The van der Waals surface area contributed by atoms with Gasteiger partial charge >= 0.3 is 5.97 Å². The van der Waals surface area contributed by atoms with E-state index >= 15 is 0 Å². The van der Waals surface area contributed by atoms with Gasteiger partial charge in [0, 0.05) is 24.0 Å². The van der Waals surface area contributed by atoms with Crippen molar-refractivity contribution in [1.29, 1.82) is 0 Å². The lowest BCUT2D eigenvalue weighted by Crippen LogP contribution is -2.15. The van der Waals surface area contributed by atoms with Gasteiger partial charge in [0.15, 0.2) is 0 Å². The van der Waals surface area contributed by atoms with Crippen molar-refractivity contribution in [2.45, 2.75) is 52.2 Å². The van der Waals surface area contributed by atoms with Crippen LogP contribution in [0.5, 0.6) is 17.2 Å². The smallest absolute Gasteiger partial charge is 0.306 e. The maximum Gasteiger partial charge on any atom is 0.306 e. The van der Waals surface area contributed by atoms with E-state index in [-0.39, 0.29) is 18.0 Å². The molecule has 37 heavy (non-hydrogen) atoms. The maximum atomic E-state index is 11.7. The van der Waals surface area contributed by atoms with Gasteiger partial charge in [0.05, 0.1) is 33.4 Å². The van der Waals surface area contributed by atoms with Crippen LogP contribution >= 0.6 is 0 Å². The van der Waals surface area contributed by atoms with Gasteiger partial charge in [0.2, 0.25) is 0 Å². The minimum atomic E-state index is -0.229. The number of hydrogen-bond donors (Lipinski definition) is 0. The summed E-state index contributed by atoms with van der Waals surface area (Å²) in [5.74, 6) is 2.21. The molecule has 0 spiro atoms. The summed E-state index contributed by atoms with van der Waals surface area (Å²) in [4.78, 5) is 11.7. The summed E-state index contributed by atoms with van der Waals surface area (Å²) in [5, 5.41) is 0. The minimum Gasteiger partial charge on any atom is -0.492 e. The molecule has 5 rings (SSSR count). The predicted molar refractivity (Wildman–Crippen MR) is 142 cm³/mol. The van der Waals surface area contributed by atoms with Crippen LogP contribution in [0.2, 0.25) is 0 Å². The van der Waals surface area contributed by atoms with E-state index in [1.165, 1.54) is 34.9 Å². The topological polar surface area (TPSA) is 63.2 Å². The fourth-order valence-electron chi connectivity index (χ4n) is 5.29. The summed E-state index contributed by atoms with van der Waals surface area (Å²) in [6, 6.07) is 16.5. The first kappa shape index (κ1) is 25.2. The molecule has 3 aromatic rings. The molecule has 0 aliphatic carbocycles. The van der Waals surface area contributed by atoms with Gasteiger partial charge in [-0.3, -0.25) is 4.79 Å². The molecular formula is C31H34O6. The average molecular weight is 503 g/mol. The number of hydrogen-bond acceptors (Lipinski definition) is 6. The number of carbonyl (C=O) groups excluding carboxylic acids is 1. The van der Waals surface area contributed by atoms with E-state index in [1.807, 2.05) is 18.2 Å². The maximum absolute atomic E-state index is 11.7. The number of esters is 1. The predicted octanol–water partition coefficient (Wildman–Crippen LogP) is 6.06. The van der Waals surface area contributed by atoms with Gasteiger partial charge in [-0.2, -0.15) is 0 Å². The van der Waals surface area contributed by atoms with E-state index in [0.29, 0.717) is 26.2 Å². The van der Waals surface area contributed by atoms with Crippen molar-refractivity contribution in [3.05, 3.63) is 76.3 Å². The molecule has 0 N–H and O–H groups in total. The van der Waals surface area contributed by atoms with Gasteiger partial charge in [0.25, 0.3) is 0 Å². The second-order valence-electron chi connectivity index (χ2n) is 9.90. The molecule has 1 fully saturated rings. The molecule has 0 saturated carbocycles. The van der Waals surface area contributed by atoms with Crippen molar-refractivity contribution in [3.8, 4) is 28.4 Å². The third-order valence-electron chi connectivity index (χ3n) is 7.31. The first-order valence-corrected chi connectivity index (χ1v) is 12.8. The van der Waals surface area contributed by atoms with Crippen LogP contribution in [0.25, 0.3) is 11.1 Å². The zero-order valence-electron chi connectivity index (χ0n) is 22.0. The number of fused-ring (bicyclic) bond motifs is 1. The molecule has 0 aromatic heterocycles. The van der Waals surface area contributed by atoms with Gasteiger partial charge in [-0.15, -0.1) is 0 Å². The monoisotopic (exact) mass is 502 g/mol. The number of carbonyl (C=O) groups is 1. The number of benzene rings is 3. The van der Waals surface area contributed by atoms with Gasteiger partial charge in [-0.25, -0.2) is 0 Å². The Morgan fingerprint density at radius 2 is 1.81 bits per heavy atom. The Labute approximate surface area is 218 Å². The molecule has 2 aliphatic rings. The Bertz CT molecular complexity index is 1270. The molecule has 0 amide bonds. The largest absolute Gasteiger partial charge is 0.492 e. The Kier molecular flexibility index (Phi) is 7.38. The molecule has 2 aliphatic heterocycles. The highest BCUT2D eigenvalue weighted by molar-refractivity contribution is 5.75. The molecule has 0 bridgehead atoms. The van der Waals surface area contributed by atoms with Crippen molar-refractivity contribution in [2.75, 3.05) is 26.9 Å². The van der Waals surface area contributed by atoms with E-state index < -0.39 is 0 Å². The third kappa shape index (κ3) is 5.44. The van der Waals surface area contributed by atoms with Gasteiger partial charge in [-0.05, 0) is 72.4 Å². The van der Waals surface area contributed by atoms with Crippen LogP contribution in [0, 0.1) is 20.8 Å². The summed E-state index contributed by atoms with van der Waals surface area (Å²) in [6.07, 6.45) is 1.39. The van der Waals surface area contributed by atoms with Crippen molar-refractivity contribution in [1.82, 2.24) is 0 Å². The lowest BCUT2D eigenvalue weighted by Gasteiger charge is -2.19. The average Bonchev–Trinajstić information content (AvgIpc) is 3.53. The number of ether oxygens (including phenoxy) is 5. The highest BCUT2D eigenvalue weighted by atomic mass is 16.5. The van der Waals surface area contributed by atoms with Crippen LogP contribution in [0.15, 0.2) is 48.5 Å². The van der Waals surface area contributed by atoms with Crippen LogP contribution in [-0.2, 0) is 20.9 Å². The molecule has 6 nitrogen and oxygen atoms in total.